The van der Waals surface area contributed by atoms with Crippen LogP contribution in [0.15, 0.2) is 0 Å². The molecule has 0 bridgehead atoms. The van der Waals surface area contributed by atoms with E-state index in [1.165, 1.54) is 12.7 Å². The van der Waals surface area contributed by atoms with E-state index >= 15 is 0 Å². The first kappa shape index (κ1) is 9.02. The van der Waals surface area contributed by atoms with Crippen LogP contribution in [0.2, 0.25) is 13.1 Å². The lowest BCUT2D eigenvalue weighted by atomic mass is 9.77. The van der Waals surface area contributed by atoms with Gasteiger partial charge in [0.1, 0.15) is 7.28 Å². The van der Waals surface area contributed by atoms with Crippen LogP contribution < -0.4 is 0 Å². The molecule has 0 unspecified atom stereocenters. The Hall–Kier alpha value is 0.0249. The first-order chi connectivity index (χ1) is 4.41. The Morgan fingerprint density at radius 2 is 2.11 bits per heavy atom. The van der Waals surface area contributed by atoms with Crippen molar-refractivity contribution < 1.29 is 4.74 Å². The quantitative estimate of drug-likeness (QED) is 0.391. The summed E-state index contributed by atoms with van der Waals surface area (Å²) in [6.07, 6.45) is 3.50. The lowest BCUT2D eigenvalue weighted by Crippen LogP contribution is -1.96. The molecular weight excluding hydrogens is 111 g/mol. The van der Waals surface area contributed by atoms with Crippen LogP contribution in [-0.4, -0.2) is 20.5 Å². The summed E-state index contributed by atoms with van der Waals surface area (Å²) in [7, 11) is 2.18. The molecule has 0 saturated heterocycles. The molecule has 0 N–H and O–H groups in total. The number of rotatable bonds is 6. The van der Waals surface area contributed by atoms with Crippen LogP contribution in [0.25, 0.3) is 0 Å². The number of ether oxygens (including phenoxy) is 1. The summed E-state index contributed by atoms with van der Waals surface area (Å²) in [6, 6.07) is 0. The van der Waals surface area contributed by atoms with E-state index < -0.39 is 0 Å². The Balaban J connectivity index is 2.60. The maximum absolute atomic E-state index is 5.26. The molecule has 0 aliphatic heterocycles. The van der Waals surface area contributed by atoms with Crippen LogP contribution in [0.5, 0.6) is 0 Å². The van der Waals surface area contributed by atoms with Crippen LogP contribution in [-0.2, 0) is 4.74 Å². The summed E-state index contributed by atoms with van der Waals surface area (Å²) >= 11 is 0. The molecule has 1 radical (unpaired) electrons. The van der Waals surface area contributed by atoms with Crippen molar-refractivity contribution in [2.24, 2.45) is 0 Å². The van der Waals surface area contributed by atoms with E-state index in [4.69, 9.17) is 4.74 Å². The van der Waals surface area contributed by atoms with E-state index in [1.807, 2.05) is 0 Å². The summed E-state index contributed by atoms with van der Waals surface area (Å²) in [6.45, 7) is 6.06. The zero-order valence-electron chi connectivity index (χ0n) is 6.52. The van der Waals surface area contributed by atoms with Crippen LogP contribution in [0, 0.1) is 0 Å². The van der Waals surface area contributed by atoms with Gasteiger partial charge >= 0.3 is 0 Å². The van der Waals surface area contributed by atoms with Gasteiger partial charge in [-0.3, -0.25) is 0 Å². The van der Waals surface area contributed by atoms with Crippen molar-refractivity contribution in [3.05, 3.63) is 0 Å². The van der Waals surface area contributed by atoms with E-state index in [-0.39, 0.29) is 0 Å². The third-order valence-corrected chi connectivity index (χ3v) is 1.13. The molecule has 9 heavy (non-hydrogen) atoms. The second kappa shape index (κ2) is 8.02. The van der Waals surface area contributed by atoms with Crippen LogP contribution in [0.4, 0.5) is 0 Å². The van der Waals surface area contributed by atoms with E-state index in [2.05, 4.69) is 21.0 Å². The normalized spacial score (nSPS) is 9.56. The minimum atomic E-state index is 0.920. The zero-order valence-corrected chi connectivity index (χ0v) is 6.52. The Labute approximate surface area is 59.0 Å². The first-order valence-corrected chi connectivity index (χ1v) is 3.77. The van der Waals surface area contributed by atoms with Crippen molar-refractivity contribution in [2.45, 2.75) is 32.9 Å². The van der Waals surface area contributed by atoms with Crippen molar-refractivity contribution in [3.63, 3.8) is 0 Å². The first-order valence-electron chi connectivity index (χ1n) is 3.77. The molecule has 0 aromatic carbocycles. The average Bonchev–Trinajstić information content (AvgIpc) is 1.89. The lowest BCUT2D eigenvalue weighted by molar-refractivity contribution is 0.135. The maximum Gasteiger partial charge on any atom is 0.105 e. The molecule has 0 spiro atoms. The molecule has 0 fully saturated rings. The molecule has 0 aromatic heterocycles. The topological polar surface area (TPSA) is 9.23 Å². The minimum absolute atomic E-state index is 0.920. The van der Waals surface area contributed by atoms with Gasteiger partial charge in [0.25, 0.3) is 0 Å². The second-order valence-electron chi connectivity index (χ2n) is 2.16. The highest BCUT2D eigenvalue weighted by molar-refractivity contribution is 6.33. The van der Waals surface area contributed by atoms with Gasteiger partial charge in [-0.15, -0.1) is 0 Å². The van der Waals surface area contributed by atoms with Gasteiger partial charge in [0.2, 0.25) is 0 Å². The van der Waals surface area contributed by atoms with Gasteiger partial charge in [-0.05, 0) is 12.8 Å². The lowest BCUT2D eigenvalue weighted by Gasteiger charge is -1.98. The highest BCUT2D eigenvalue weighted by atomic mass is 16.5. The SMILES string of the molecule is C[B]CCCOCCC. The smallest absolute Gasteiger partial charge is 0.105 e. The summed E-state index contributed by atoms with van der Waals surface area (Å²) in [5.41, 5.74) is 0. The molecule has 53 valence electrons. The Bertz CT molecular complexity index is 42.2. The van der Waals surface area contributed by atoms with Gasteiger partial charge in [0, 0.05) is 13.2 Å². The summed E-state index contributed by atoms with van der Waals surface area (Å²) < 4.78 is 5.26. The molecule has 1 nitrogen and oxygen atoms in total. The largest absolute Gasteiger partial charge is 0.381 e. The van der Waals surface area contributed by atoms with Gasteiger partial charge in [0.05, 0.1) is 0 Å². The van der Waals surface area contributed by atoms with E-state index in [1.54, 1.807) is 0 Å². The monoisotopic (exact) mass is 127 g/mol. The second-order valence-corrected chi connectivity index (χ2v) is 2.16. The Morgan fingerprint density at radius 3 is 2.67 bits per heavy atom. The van der Waals surface area contributed by atoms with Crippen molar-refractivity contribution >= 4 is 7.28 Å². The number of hydrogen-bond donors (Lipinski definition) is 0. The van der Waals surface area contributed by atoms with Crippen molar-refractivity contribution in [1.82, 2.24) is 0 Å². The summed E-state index contributed by atoms with van der Waals surface area (Å²) in [4.78, 5) is 0. The highest BCUT2D eigenvalue weighted by Gasteiger charge is 1.85. The van der Waals surface area contributed by atoms with E-state index in [0.29, 0.717) is 0 Å². The van der Waals surface area contributed by atoms with Crippen LogP contribution in [0.1, 0.15) is 19.8 Å². The molecule has 2 heteroatoms. The molecule has 0 saturated carbocycles. The van der Waals surface area contributed by atoms with E-state index in [0.717, 1.165) is 19.6 Å². The van der Waals surface area contributed by atoms with Gasteiger partial charge in [0.15, 0.2) is 0 Å². The number of hydrogen-bond acceptors (Lipinski definition) is 1. The molecule has 0 aliphatic rings. The fraction of sp³-hybridized carbons (Fsp3) is 1.00. The van der Waals surface area contributed by atoms with Gasteiger partial charge in [-0.1, -0.05) is 20.1 Å². The van der Waals surface area contributed by atoms with Crippen molar-refractivity contribution in [2.75, 3.05) is 13.2 Å². The standard InChI is InChI=1S/C7H16BO/c1-3-6-9-7-4-5-8-2/h3-7H2,1-2H3. The van der Waals surface area contributed by atoms with E-state index in [9.17, 15) is 0 Å². The van der Waals surface area contributed by atoms with Gasteiger partial charge < -0.3 is 4.74 Å². The average molecular weight is 127 g/mol. The predicted molar refractivity (Wildman–Crippen MR) is 42.2 cm³/mol. The third kappa shape index (κ3) is 8.02. The molecule has 0 rings (SSSR count). The Morgan fingerprint density at radius 1 is 1.33 bits per heavy atom. The Kier molecular flexibility index (Phi) is 8.05. The van der Waals surface area contributed by atoms with Gasteiger partial charge in [-0.25, -0.2) is 0 Å². The molecular formula is C7H16BO. The molecule has 0 atom stereocenters. The van der Waals surface area contributed by atoms with Crippen LogP contribution >= 0.6 is 0 Å². The van der Waals surface area contributed by atoms with Gasteiger partial charge in [-0.2, -0.15) is 0 Å². The summed E-state index contributed by atoms with van der Waals surface area (Å²) in [5.74, 6) is 0. The fourth-order valence-corrected chi connectivity index (χ4v) is 0.636. The molecule has 0 aromatic rings. The fourth-order valence-electron chi connectivity index (χ4n) is 0.636. The highest BCUT2D eigenvalue weighted by Crippen LogP contribution is 1.89. The molecule has 0 heterocycles. The van der Waals surface area contributed by atoms with Crippen molar-refractivity contribution in [3.8, 4) is 0 Å². The van der Waals surface area contributed by atoms with Crippen molar-refractivity contribution in [1.29, 1.82) is 0 Å². The summed E-state index contributed by atoms with van der Waals surface area (Å²) in [5, 5.41) is 0. The molecule has 0 aliphatic carbocycles. The van der Waals surface area contributed by atoms with Crippen LogP contribution in [0.3, 0.4) is 0 Å². The maximum atomic E-state index is 5.26. The minimum Gasteiger partial charge on any atom is -0.381 e. The predicted octanol–water partition coefficient (Wildman–Crippen LogP) is 1.97. The third-order valence-electron chi connectivity index (χ3n) is 1.13. The zero-order chi connectivity index (χ0) is 6.95. The molecule has 0 amide bonds.